The molecule has 21 heavy (non-hydrogen) atoms. The molecule has 1 rings (SSSR count). The Morgan fingerprint density at radius 2 is 2.10 bits per heavy atom. The molecule has 0 fully saturated rings. The van der Waals surface area contributed by atoms with Crippen LogP contribution in [0.2, 0.25) is 0 Å². The number of nitrogens with one attached hydrogen (secondary N) is 1. The molecule has 0 saturated heterocycles. The quantitative estimate of drug-likeness (QED) is 0.572. The summed E-state index contributed by atoms with van der Waals surface area (Å²) in [6.07, 6.45) is 2.67. The Balaban J connectivity index is 2.48. The topological polar surface area (TPSA) is 56.2 Å². The molecule has 6 heteroatoms. The molecule has 0 saturated carbocycles. The van der Waals surface area contributed by atoms with E-state index in [2.05, 4.69) is 33.3 Å². The summed E-state index contributed by atoms with van der Waals surface area (Å²) >= 11 is 3.53. The van der Waals surface area contributed by atoms with Crippen LogP contribution in [-0.2, 0) is 16.1 Å². The zero-order valence-corrected chi connectivity index (χ0v) is 15.2. The van der Waals surface area contributed by atoms with Gasteiger partial charge in [-0.3, -0.25) is 9.48 Å². The van der Waals surface area contributed by atoms with Gasteiger partial charge in [0.05, 0.1) is 16.8 Å². The van der Waals surface area contributed by atoms with Crippen molar-refractivity contribution < 1.29 is 9.53 Å². The van der Waals surface area contributed by atoms with Crippen LogP contribution in [0.25, 0.3) is 0 Å². The van der Waals surface area contributed by atoms with Crippen molar-refractivity contribution in [2.75, 3.05) is 13.7 Å². The van der Waals surface area contributed by atoms with E-state index in [1.807, 2.05) is 25.5 Å². The van der Waals surface area contributed by atoms with Crippen molar-refractivity contribution in [1.82, 2.24) is 15.1 Å². The summed E-state index contributed by atoms with van der Waals surface area (Å²) in [5, 5.41) is 7.57. The summed E-state index contributed by atoms with van der Waals surface area (Å²) in [4.78, 5) is 12.0. The van der Waals surface area contributed by atoms with Gasteiger partial charge in [-0.05, 0) is 69.9 Å². The lowest BCUT2D eigenvalue weighted by Crippen LogP contribution is -2.48. The molecule has 1 atom stereocenters. The molecule has 0 bridgehead atoms. The molecule has 1 unspecified atom stereocenters. The Labute approximate surface area is 135 Å². The third-order valence-corrected chi connectivity index (χ3v) is 5.02. The molecule has 1 N–H and O–H groups in total. The zero-order chi connectivity index (χ0) is 16.0. The summed E-state index contributed by atoms with van der Waals surface area (Å²) in [5.74, 6) is -0.179. The van der Waals surface area contributed by atoms with Gasteiger partial charge in [0.25, 0.3) is 0 Å². The van der Waals surface area contributed by atoms with Crippen molar-refractivity contribution in [3.8, 4) is 0 Å². The average Bonchev–Trinajstić information content (AvgIpc) is 2.71. The van der Waals surface area contributed by atoms with E-state index in [1.54, 1.807) is 7.05 Å². The van der Waals surface area contributed by atoms with Gasteiger partial charge in [0.15, 0.2) is 0 Å². The summed E-state index contributed by atoms with van der Waals surface area (Å²) in [6, 6.07) is 0. The number of likely N-dealkylation sites (N-methyl/N-ethyl adjacent to an activating group) is 1. The van der Waals surface area contributed by atoms with Crippen molar-refractivity contribution in [2.24, 2.45) is 0 Å². The Kier molecular flexibility index (Phi) is 6.87. The van der Waals surface area contributed by atoms with Crippen LogP contribution in [0.4, 0.5) is 0 Å². The minimum Gasteiger partial charge on any atom is -0.465 e. The lowest BCUT2D eigenvalue weighted by Gasteiger charge is -2.26. The highest BCUT2D eigenvalue weighted by molar-refractivity contribution is 9.10. The highest BCUT2D eigenvalue weighted by Gasteiger charge is 2.32. The molecular weight excluding hydrogens is 334 g/mol. The molecule has 0 amide bonds. The third kappa shape index (κ3) is 4.54. The number of hydrogen-bond donors (Lipinski definition) is 1. The van der Waals surface area contributed by atoms with E-state index >= 15 is 0 Å². The lowest BCUT2D eigenvalue weighted by atomic mass is 9.95. The zero-order valence-electron chi connectivity index (χ0n) is 13.6. The van der Waals surface area contributed by atoms with Crippen molar-refractivity contribution in [3.63, 3.8) is 0 Å². The van der Waals surface area contributed by atoms with Gasteiger partial charge in [0, 0.05) is 12.2 Å². The number of halogens is 1. The standard InChI is InChI=1S/C15H26BrN3O2/c1-6-21-14(20)15(4,17-5)9-7-8-10-19-12(3)13(16)11(2)18-19/h17H,6-10H2,1-5H3. The van der Waals surface area contributed by atoms with E-state index in [9.17, 15) is 4.79 Å². The van der Waals surface area contributed by atoms with Crippen LogP contribution >= 0.6 is 15.9 Å². The minimum atomic E-state index is -0.605. The predicted molar refractivity (Wildman–Crippen MR) is 87.3 cm³/mol. The van der Waals surface area contributed by atoms with Gasteiger partial charge in [-0.25, -0.2) is 0 Å². The van der Waals surface area contributed by atoms with Crippen LogP contribution < -0.4 is 5.32 Å². The van der Waals surface area contributed by atoms with Crippen LogP contribution in [0.1, 0.15) is 44.5 Å². The molecule has 0 aliphatic carbocycles. The molecule has 1 heterocycles. The normalized spacial score (nSPS) is 14.0. The van der Waals surface area contributed by atoms with Crippen molar-refractivity contribution >= 4 is 21.9 Å². The fraction of sp³-hybridized carbons (Fsp3) is 0.733. The fourth-order valence-corrected chi connectivity index (χ4v) is 2.54. The summed E-state index contributed by atoms with van der Waals surface area (Å²) < 4.78 is 8.22. The number of esters is 1. The van der Waals surface area contributed by atoms with E-state index in [-0.39, 0.29) is 5.97 Å². The van der Waals surface area contributed by atoms with Crippen molar-refractivity contribution in [1.29, 1.82) is 0 Å². The maximum Gasteiger partial charge on any atom is 0.326 e. The third-order valence-electron chi connectivity index (χ3n) is 3.87. The van der Waals surface area contributed by atoms with Gasteiger partial charge in [-0.15, -0.1) is 0 Å². The van der Waals surface area contributed by atoms with Crippen LogP contribution in [0, 0.1) is 13.8 Å². The first-order valence-corrected chi connectivity index (χ1v) is 8.20. The van der Waals surface area contributed by atoms with Crippen LogP contribution in [-0.4, -0.2) is 34.9 Å². The first kappa shape index (κ1) is 18.2. The summed E-state index contributed by atoms with van der Waals surface area (Å²) in [5.41, 5.74) is 1.56. The smallest absolute Gasteiger partial charge is 0.326 e. The van der Waals surface area contributed by atoms with Gasteiger partial charge < -0.3 is 10.1 Å². The van der Waals surface area contributed by atoms with Crippen LogP contribution in [0.5, 0.6) is 0 Å². The summed E-state index contributed by atoms with van der Waals surface area (Å²) in [7, 11) is 1.80. The van der Waals surface area contributed by atoms with E-state index in [1.165, 1.54) is 0 Å². The fourth-order valence-electron chi connectivity index (χ4n) is 2.25. The second kappa shape index (κ2) is 7.94. The van der Waals surface area contributed by atoms with E-state index < -0.39 is 5.54 Å². The highest BCUT2D eigenvalue weighted by Crippen LogP contribution is 2.21. The number of unbranched alkanes of at least 4 members (excludes halogenated alkanes) is 1. The number of aryl methyl sites for hydroxylation is 2. The Morgan fingerprint density at radius 3 is 2.57 bits per heavy atom. The predicted octanol–water partition coefficient (Wildman–Crippen LogP) is 2.97. The van der Waals surface area contributed by atoms with Crippen molar-refractivity contribution in [3.05, 3.63) is 15.9 Å². The van der Waals surface area contributed by atoms with E-state index in [4.69, 9.17) is 4.74 Å². The molecule has 0 spiro atoms. The van der Waals surface area contributed by atoms with Gasteiger partial charge in [0.1, 0.15) is 5.54 Å². The second-order valence-electron chi connectivity index (χ2n) is 5.47. The van der Waals surface area contributed by atoms with Crippen molar-refractivity contribution in [2.45, 2.75) is 59.0 Å². The minimum absolute atomic E-state index is 0.179. The summed E-state index contributed by atoms with van der Waals surface area (Å²) in [6.45, 7) is 9.04. The van der Waals surface area contributed by atoms with E-state index in [0.717, 1.165) is 41.7 Å². The number of carbonyl (C=O) groups is 1. The Bertz CT molecular complexity index is 488. The molecule has 1 aromatic heterocycles. The number of aromatic nitrogens is 2. The molecule has 5 nitrogen and oxygen atoms in total. The monoisotopic (exact) mass is 359 g/mol. The Morgan fingerprint density at radius 1 is 1.43 bits per heavy atom. The largest absolute Gasteiger partial charge is 0.465 e. The molecule has 0 aliphatic rings. The van der Waals surface area contributed by atoms with Gasteiger partial charge in [0.2, 0.25) is 0 Å². The van der Waals surface area contributed by atoms with Gasteiger partial charge in [-0.1, -0.05) is 0 Å². The number of ether oxygens (including phenoxy) is 1. The SMILES string of the molecule is CCOC(=O)C(C)(CCCCn1nc(C)c(Br)c1C)NC. The number of nitrogens with zero attached hydrogens (tertiary/aromatic N) is 2. The van der Waals surface area contributed by atoms with Gasteiger partial charge >= 0.3 is 5.97 Å². The van der Waals surface area contributed by atoms with E-state index in [0.29, 0.717) is 6.61 Å². The maximum absolute atomic E-state index is 12.0. The first-order chi connectivity index (χ1) is 9.85. The van der Waals surface area contributed by atoms with Crippen LogP contribution in [0.3, 0.4) is 0 Å². The number of carbonyl (C=O) groups excluding carboxylic acids is 1. The second-order valence-corrected chi connectivity index (χ2v) is 6.26. The van der Waals surface area contributed by atoms with Gasteiger partial charge in [-0.2, -0.15) is 5.10 Å². The number of hydrogen-bond acceptors (Lipinski definition) is 4. The maximum atomic E-state index is 12.0. The molecular formula is C15H26BrN3O2. The lowest BCUT2D eigenvalue weighted by molar-refractivity contribution is -0.150. The molecule has 120 valence electrons. The van der Waals surface area contributed by atoms with Crippen LogP contribution in [0.15, 0.2) is 4.47 Å². The first-order valence-electron chi connectivity index (χ1n) is 7.41. The molecule has 0 radical (unpaired) electrons. The number of rotatable bonds is 8. The highest BCUT2D eigenvalue weighted by atomic mass is 79.9. The average molecular weight is 360 g/mol. The Hall–Kier alpha value is -0.880. The molecule has 0 aromatic carbocycles. The molecule has 1 aromatic rings. The molecule has 0 aliphatic heterocycles.